The van der Waals surface area contributed by atoms with E-state index in [1.165, 1.54) is 27.4 Å². The van der Waals surface area contributed by atoms with Crippen LogP contribution < -0.4 is 5.19 Å². The number of para-hydroxylation sites is 1. The molecule has 0 amide bonds. The van der Waals surface area contributed by atoms with E-state index in [9.17, 15) is 0 Å². The second kappa shape index (κ2) is 16.0. The summed E-state index contributed by atoms with van der Waals surface area (Å²) < 4.78 is 28.9. The van der Waals surface area contributed by atoms with Gasteiger partial charge in [0.05, 0.1) is 13.7 Å². The number of hydrogen-bond acceptors (Lipinski definition) is 3. The van der Waals surface area contributed by atoms with Crippen LogP contribution in [0.3, 0.4) is 0 Å². The maximum Gasteiger partial charge on any atom is 0.120 e. The van der Waals surface area contributed by atoms with Crippen molar-refractivity contribution in [1.82, 2.24) is 9.97 Å². The van der Waals surface area contributed by atoms with Crippen molar-refractivity contribution >= 4 is 46.0 Å². The van der Waals surface area contributed by atoms with Crippen molar-refractivity contribution in [2.75, 3.05) is 0 Å². The van der Waals surface area contributed by atoms with Gasteiger partial charge in [-0.1, -0.05) is 167 Å². The van der Waals surface area contributed by atoms with Gasteiger partial charge in [-0.3, -0.25) is 0 Å². The van der Waals surface area contributed by atoms with Crippen molar-refractivity contribution in [1.29, 1.82) is 0 Å². The molecule has 3 nitrogen and oxygen atoms in total. The zero-order valence-electron chi connectivity index (χ0n) is 35.1. The first-order chi connectivity index (χ1) is 27.8. The van der Waals surface area contributed by atoms with E-state index in [-0.39, 0.29) is 25.5 Å². The van der Waals surface area contributed by atoms with E-state index >= 15 is 0 Å². The first-order valence-electron chi connectivity index (χ1n) is 20.1. The second-order valence-corrected chi connectivity index (χ2v) is 20.5. The summed E-state index contributed by atoms with van der Waals surface area (Å²) >= 11 is 0. The number of pyridine rings is 2. The van der Waals surface area contributed by atoms with Crippen molar-refractivity contribution in [2.45, 2.75) is 45.8 Å². The molecule has 0 aliphatic heterocycles. The number of fused-ring (bicyclic) bond motifs is 4. The molecule has 279 valence electrons. The minimum atomic E-state index is -2.11. The van der Waals surface area contributed by atoms with Gasteiger partial charge in [0.25, 0.3) is 0 Å². The van der Waals surface area contributed by atoms with Crippen LogP contribution in [0.25, 0.3) is 66.4 Å². The molecule has 6 aromatic carbocycles. The molecule has 3 aromatic heterocycles. The molecule has 1 radical (unpaired) electrons. The van der Waals surface area contributed by atoms with Crippen LogP contribution in [0.1, 0.15) is 34.7 Å². The fourth-order valence-electron chi connectivity index (χ4n) is 7.33. The van der Waals surface area contributed by atoms with Crippen LogP contribution in [0, 0.1) is 19.0 Å². The molecular weight excluding hydrogens is 877 g/mol. The summed E-state index contributed by atoms with van der Waals surface area (Å²) in [6.45, 7) is 9.36. The Morgan fingerprint density at radius 2 is 1.36 bits per heavy atom. The summed E-state index contributed by atoms with van der Waals surface area (Å²) in [5, 5.41) is 5.85. The molecule has 0 fully saturated rings. The smallest absolute Gasteiger partial charge is 0.120 e. The van der Waals surface area contributed by atoms with Gasteiger partial charge < -0.3 is 14.4 Å². The number of aryl methyl sites for hydroxylation is 1. The summed E-state index contributed by atoms with van der Waals surface area (Å²) in [7, 11) is -1.57. The standard InChI is InChI=1S/C30H22NO.C21H22NSi.Ir/c1-30(2,22-12-4-3-5-13-22)25-17-16-23(26-18-20-10-6-7-11-21(20)19-31-26)29-28(25)24-14-8-9-15-27(24)32-29;1-16-10-12-18(13-11-16)20-14-19(17-8-6-5-7-9-17)21(15-22-20)23(2,3)4;/h3-15,17-19H,1-2H3;5-12,14-15H,1-4H3;/q2*-1;/i;1D3;. The van der Waals surface area contributed by atoms with Gasteiger partial charge in [-0.05, 0) is 55.5 Å². The Hall–Kier alpha value is -5.45. The fraction of sp³-hybridized carbons (Fsp3) is 0.137. The molecule has 0 bridgehead atoms. The molecule has 56 heavy (non-hydrogen) atoms. The number of furan rings is 1. The van der Waals surface area contributed by atoms with Gasteiger partial charge in [-0.2, -0.15) is 0 Å². The van der Waals surface area contributed by atoms with Crippen molar-refractivity contribution in [3.63, 3.8) is 0 Å². The van der Waals surface area contributed by atoms with Crippen molar-refractivity contribution < 1.29 is 28.6 Å². The van der Waals surface area contributed by atoms with Crippen LogP contribution in [0.15, 0.2) is 162 Å². The molecular formula is C51H44IrN2OSi-2. The van der Waals surface area contributed by atoms with E-state index in [4.69, 9.17) is 13.5 Å². The van der Waals surface area contributed by atoms with Crippen LogP contribution in [0.5, 0.6) is 0 Å². The third-order valence-corrected chi connectivity index (χ3v) is 12.4. The quantitative estimate of drug-likeness (QED) is 0.123. The number of hydrogen-bond donors (Lipinski definition) is 0. The molecule has 0 unspecified atom stereocenters. The van der Waals surface area contributed by atoms with Crippen LogP contribution in [0.2, 0.25) is 19.6 Å². The molecule has 0 atom stereocenters. The van der Waals surface area contributed by atoms with Crippen LogP contribution >= 0.6 is 0 Å². The van der Waals surface area contributed by atoms with Gasteiger partial charge >= 0.3 is 0 Å². The molecule has 0 N–H and O–H groups in total. The van der Waals surface area contributed by atoms with Crippen molar-refractivity contribution in [3.05, 3.63) is 187 Å². The Morgan fingerprint density at radius 1 is 0.679 bits per heavy atom. The average molecular weight is 924 g/mol. The van der Waals surface area contributed by atoms with Crippen LogP contribution in [0.4, 0.5) is 0 Å². The predicted molar refractivity (Wildman–Crippen MR) is 234 cm³/mol. The molecule has 3 heterocycles. The van der Waals surface area contributed by atoms with Gasteiger partial charge in [0.15, 0.2) is 0 Å². The van der Waals surface area contributed by atoms with E-state index in [1.54, 1.807) is 18.2 Å². The average Bonchev–Trinajstić information content (AvgIpc) is 3.63. The Morgan fingerprint density at radius 3 is 2.07 bits per heavy atom. The zero-order valence-corrected chi connectivity index (χ0v) is 35.5. The van der Waals surface area contributed by atoms with E-state index in [2.05, 4.69) is 142 Å². The summed E-state index contributed by atoms with van der Waals surface area (Å²) in [6, 6.07) is 55.4. The molecule has 0 spiro atoms. The Kier molecular flexibility index (Phi) is 9.97. The third-order valence-electron chi connectivity index (χ3n) is 10.4. The van der Waals surface area contributed by atoms with Crippen LogP contribution in [-0.4, -0.2) is 18.0 Å². The summed E-state index contributed by atoms with van der Waals surface area (Å²) in [5.74, 6) is 0. The molecule has 9 aromatic rings. The summed E-state index contributed by atoms with van der Waals surface area (Å²) in [4.78, 5) is 9.41. The Bertz CT molecular complexity index is 2880. The molecule has 0 aliphatic carbocycles. The third kappa shape index (κ3) is 7.68. The first-order valence-corrected chi connectivity index (χ1v) is 22.1. The largest absolute Gasteiger partial charge is 0.501 e. The molecule has 9 rings (SSSR count). The number of nitrogens with zero attached hydrogens (tertiary/aromatic N) is 2. The Labute approximate surface area is 349 Å². The van der Waals surface area contributed by atoms with E-state index in [0.717, 1.165) is 55.2 Å². The summed E-state index contributed by atoms with van der Waals surface area (Å²) in [6.07, 6.45) is 3.91. The second-order valence-electron chi connectivity index (χ2n) is 15.5. The topological polar surface area (TPSA) is 38.9 Å². The first kappa shape index (κ1) is 35.0. The van der Waals surface area contributed by atoms with Gasteiger partial charge in [0.2, 0.25) is 0 Å². The van der Waals surface area contributed by atoms with Gasteiger partial charge in [0.1, 0.15) is 5.58 Å². The van der Waals surface area contributed by atoms with E-state index in [1.807, 2.05) is 48.8 Å². The monoisotopic (exact) mass is 924 g/mol. The van der Waals surface area contributed by atoms with Crippen molar-refractivity contribution in [3.8, 4) is 33.6 Å². The van der Waals surface area contributed by atoms with E-state index in [0.29, 0.717) is 5.56 Å². The predicted octanol–water partition coefficient (Wildman–Crippen LogP) is 13.0. The molecule has 0 aliphatic rings. The number of rotatable bonds is 6. The minimum absolute atomic E-state index is 0. The Balaban J connectivity index is 0.000000180. The van der Waals surface area contributed by atoms with E-state index < -0.39 is 14.9 Å². The SMILES string of the molecule is CC(C)(c1ccccc1)c1c[c-]c(-c2cc3ccccc3cn2)c2oc3ccccc3c12.[2H]C([2H])([2H])c1c[c-]c(-c2cc(-c3ccccc3)c([Si](C)(C)C)cn2)cc1.[Ir]. The number of benzene rings is 6. The summed E-state index contributed by atoms with van der Waals surface area (Å²) in [5.41, 5.74) is 10.0. The maximum absolute atomic E-state index is 7.49. The molecule has 0 saturated carbocycles. The van der Waals surface area contributed by atoms with Crippen LogP contribution in [-0.2, 0) is 25.5 Å². The fourth-order valence-corrected chi connectivity index (χ4v) is 8.80. The molecule has 5 heteroatoms. The maximum atomic E-state index is 7.49. The normalized spacial score (nSPS) is 12.6. The zero-order chi connectivity index (χ0) is 40.7. The van der Waals surface area contributed by atoms with Crippen molar-refractivity contribution in [2.24, 2.45) is 0 Å². The van der Waals surface area contributed by atoms with Gasteiger partial charge in [-0.15, -0.1) is 53.1 Å². The van der Waals surface area contributed by atoms with Gasteiger partial charge in [-0.25, -0.2) is 0 Å². The molecule has 0 saturated heterocycles. The van der Waals surface area contributed by atoms with Gasteiger partial charge in [0, 0.05) is 42.0 Å². The minimum Gasteiger partial charge on any atom is -0.501 e. The number of aromatic nitrogens is 2.